The lowest BCUT2D eigenvalue weighted by Crippen LogP contribution is -2.51. The number of halogens is 1. The minimum absolute atomic E-state index is 0.224. The Labute approximate surface area is 209 Å². The molecule has 7 nitrogen and oxygen atoms in total. The Morgan fingerprint density at radius 2 is 1.66 bits per heavy atom. The van der Waals surface area contributed by atoms with Crippen LogP contribution in [-0.4, -0.2) is 50.4 Å². The summed E-state index contributed by atoms with van der Waals surface area (Å²) in [6, 6.07) is 21.6. The Hall–Kier alpha value is -3.33. The highest BCUT2D eigenvalue weighted by Crippen LogP contribution is 2.31. The van der Waals surface area contributed by atoms with E-state index >= 15 is 0 Å². The number of nitrogens with one attached hydrogen (secondary N) is 1. The Bertz CT molecular complexity index is 1380. The number of fused-ring (bicyclic) bond motifs is 1. The van der Waals surface area contributed by atoms with E-state index in [0.717, 1.165) is 29.0 Å². The number of ether oxygens (including phenoxy) is 1. The molecule has 3 aromatic rings. The van der Waals surface area contributed by atoms with Crippen LogP contribution in [0.3, 0.4) is 0 Å². The summed E-state index contributed by atoms with van der Waals surface area (Å²) >= 11 is 5.94. The van der Waals surface area contributed by atoms with Gasteiger partial charge in [0.15, 0.2) is 0 Å². The van der Waals surface area contributed by atoms with Gasteiger partial charge in [-0.15, -0.1) is 0 Å². The fourth-order valence-electron chi connectivity index (χ4n) is 4.22. The summed E-state index contributed by atoms with van der Waals surface area (Å²) in [5.41, 5.74) is 1.97. The van der Waals surface area contributed by atoms with Crippen LogP contribution < -0.4 is 10.1 Å². The summed E-state index contributed by atoms with van der Waals surface area (Å²) in [5, 5.41) is 4.58. The zero-order chi connectivity index (χ0) is 24.4. The average molecular weight is 510 g/mol. The van der Waals surface area contributed by atoms with Crippen molar-refractivity contribution in [2.45, 2.75) is 11.4 Å². The van der Waals surface area contributed by atoms with Crippen molar-refractivity contribution in [1.82, 2.24) is 15.1 Å². The number of rotatable bonds is 5. The van der Waals surface area contributed by atoms with Crippen LogP contribution in [0.2, 0.25) is 5.02 Å². The second-order valence-electron chi connectivity index (χ2n) is 8.47. The van der Waals surface area contributed by atoms with Crippen molar-refractivity contribution in [3.05, 3.63) is 94.4 Å². The van der Waals surface area contributed by atoms with E-state index in [1.54, 1.807) is 41.3 Å². The van der Waals surface area contributed by atoms with Gasteiger partial charge < -0.3 is 15.0 Å². The van der Waals surface area contributed by atoms with Crippen LogP contribution in [-0.2, 0) is 16.4 Å². The molecular formula is C26H24ClN3O4S. The van der Waals surface area contributed by atoms with E-state index in [-0.39, 0.29) is 10.9 Å². The molecule has 2 amide bonds. The SMILES string of the molecule is O=C(NC1=CS(=O)(=O)c2ccccc21)N1CCN(Cc2cccc(Oc3ccc(Cl)cc3)c2)CC1. The van der Waals surface area contributed by atoms with Gasteiger partial charge in [0.2, 0.25) is 9.84 Å². The molecule has 2 aliphatic rings. The van der Waals surface area contributed by atoms with Crippen molar-refractivity contribution in [3.63, 3.8) is 0 Å². The number of benzene rings is 3. The molecule has 180 valence electrons. The highest BCUT2D eigenvalue weighted by Gasteiger charge is 2.29. The normalized spacial score (nSPS) is 16.9. The molecule has 5 rings (SSSR count). The molecule has 2 heterocycles. The second kappa shape index (κ2) is 9.73. The molecule has 2 aliphatic heterocycles. The number of urea groups is 1. The van der Waals surface area contributed by atoms with Gasteiger partial charge in [-0.1, -0.05) is 41.9 Å². The lowest BCUT2D eigenvalue weighted by Gasteiger charge is -2.34. The molecule has 1 saturated heterocycles. The van der Waals surface area contributed by atoms with Gasteiger partial charge in [-0.2, -0.15) is 0 Å². The molecule has 0 saturated carbocycles. The van der Waals surface area contributed by atoms with E-state index < -0.39 is 9.84 Å². The number of nitrogens with zero attached hydrogens (tertiary/aromatic N) is 2. The first-order valence-corrected chi connectivity index (χ1v) is 13.2. The maximum absolute atomic E-state index is 12.8. The van der Waals surface area contributed by atoms with Crippen LogP contribution in [0.1, 0.15) is 11.1 Å². The molecule has 35 heavy (non-hydrogen) atoms. The topological polar surface area (TPSA) is 79.0 Å². The predicted octanol–water partition coefficient (Wildman–Crippen LogP) is 4.75. The Kier molecular flexibility index (Phi) is 6.51. The molecule has 0 aliphatic carbocycles. The Morgan fingerprint density at radius 3 is 2.43 bits per heavy atom. The highest BCUT2D eigenvalue weighted by molar-refractivity contribution is 7.95. The maximum atomic E-state index is 12.8. The van der Waals surface area contributed by atoms with E-state index in [1.807, 2.05) is 30.3 Å². The molecule has 3 aromatic carbocycles. The van der Waals surface area contributed by atoms with Crippen molar-refractivity contribution in [3.8, 4) is 11.5 Å². The van der Waals surface area contributed by atoms with Gasteiger partial charge in [-0.05, 0) is 48.0 Å². The van der Waals surface area contributed by atoms with Crippen molar-refractivity contribution in [2.75, 3.05) is 26.2 Å². The van der Waals surface area contributed by atoms with Gasteiger partial charge in [0, 0.05) is 43.3 Å². The first-order valence-electron chi connectivity index (χ1n) is 11.2. The van der Waals surface area contributed by atoms with Gasteiger partial charge in [0.05, 0.1) is 16.0 Å². The van der Waals surface area contributed by atoms with Crippen molar-refractivity contribution >= 4 is 33.2 Å². The molecular weight excluding hydrogens is 486 g/mol. The van der Waals surface area contributed by atoms with Crippen molar-refractivity contribution < 1.29 is 17.9 Å². The van der Waals surface area contributed by atoms with E-state index in [9.17, 15) is 13.2 Å². The third-order valence-electron chi connectivity index (χ3n) is 6.01. The smallest absolute Gasteiger partial charge is 0.321 e. The number of piperazine rings is 1. The first kappa shape index (κ1) is 23.4. The summed E-state index contributed by atoms with van der Waals surface area (Å²) in [4.78, 5) is 17.0. The quantitative estimate of drug-likeness (QED) is 0.537. The van der Waals surface area contributed by atoms with Gasteiger partial charge in [0.25, 0.3) is 0 Å². The third-order valence-corrected chi connectivity index (χ3v) is 7.78. The molecule has 0 bridgehead atoms. The van der Waals surface area contributed by atoms with Crippen LogP contribution in [0.25, 0.3) is 5.70 Å². The molecule has 1 fully saturated rings. The Morgan fingerprint density at radius 1 is 0.914 bits per heavy atom. The van der Waals surface area contributed by atoms with Crippen LogP contribution >= 0.6 is 11.6 Å². The number of amides is 2. The van der Waals surface area contributed by atoms with E-state index in [4.69, 9.17) is 16.3 Å². The van der Waals surface area contributed by atoms with Crippen LogP contribution in [0.5, 0.6) is 11.5 Å². The zero-order valence-electron chi connectivity index (χ0n) is 18.9. The fourth-order valence-corrected chi connectivity index (χ4v) is 5.73. The lowest BCUT2D eigenvalue weighted by atomic mass is 10.2. The van der Waals surface area contributed by atoms with Gasteiger partial charge in [-0.3, -0.25) is 4.90 Å². The summed E-state index contributed by atoms with van der Waals surface area (Å²) in [6.45, 7) is 3.26. The standard InChI is InChI=1S/C26H24ClN3O4S/c27-20-8-10-21(11-9-20)34-22-5-3-4-19(16-22)17-29-12-14-30(15-13-29)26(31)28-24-18-35(32,33)25-7-2-1-6-23(24)25/h1-11,16,18H,12-15,17H2,(H,28,31). The minimum Gasteiger partial charge on any atom is -0.457 e. The fraction of sp³-hybridized carbons (Fsp3) is 0.192. The van der Waals surface area contributed by atoms with Gasteiger partial charge >= 0.3 is 6.03 Å². The highest BCUT2D eigenvalue weighted by atomic mass is 35.5. The van der Waals surface area contributed by atoms with Crippen molar-refractivity contribution in [1.29, 1.82) is 0 Å². The predicted molar refractivity (Wildman–Crippen MR) is 135 cm³/mol. The molecule has 0 atom stereocenters. The summed E-state index contributed by atoms with van der Waals surface area (Å²) in [5.74, 6) is 1.47. The molecule has 1 N–H and O–H groups in total. The van der Waals surface area contributed by atoms with E-state index in [1.165, 1.54) is 0 Å². The number of sulfone groups is 1. The second-order valence-corrected chi connectivity index (χ2v) is 10.7. The average Bonchev–Trinajstić information content (AvgIpc) is 3.11. The Balaban J connectivity index is 1.16. The van der Waals surface area contributed by atoms with Gasteiger partial charge in [-0.25, -0.2) is 13.2 Å². The molecule has 0 unspecified atom stereocenters. The maximum Gasteiger partial charge on any atom is 0.321 e. The lowest BCUT2D eigenvalue weighted by molar-refractivity contribution is 0.137. The molecule has 0 spiro atoms. The van der Waals surface area contributed by atoms with E-state index in [2.05, 4.69) is 16.3 Å². The molecule has 9 heteroatoms. The zero-order valence-corrected chi connectivity index (χ0v) is 20.4. The van der Waals surface area contributed by atoms with Gasteiger partial charge in [0.1, 0.15) is 11.5 Å². The van der Waals surface area contributed by atoms with E-state index in [0.29, 0.717) is 42.5 Å². The van der Waals surface area contributed by atoms with Crippen LogP contribution in [0.4, 0.5) is 4.79 Å². The third kappa shape index (κ3) is 5.35. The largest absolute Gasteiger partial charge is 0.457 e. The number of carbonyl (C=O) groups is 1. The van der Waals surface area contributed by atoms with Crippen LogP contribution in [0.15, 0.2) is 83.1 Å². The monoisotopic (exact) mass is 509 g/mol. The number of hydrogen-bond donors (Lipinski definition) is 1. The number of hydrogen-bond acceptors (Lipinski definition) is 5. The number of carbonyl (C=O) groups excluding carboxylic acids is 1. The first-order chi connectivity index (χ1) is 16.9. The van der Waals surface area contributed by atoms with Crippen molar-refractivity contribution in [2.24, 2.45) is 0 Å². The van der Waals surface area contributed by atoms with Crippen LogP contribution in [0, 0.1) is 0 Å². The molecule has 0 radical (unpaired) electrons. The molecule has 0 aromatic heterocycles. The summed E-state index contributed by atoms with van der Waals surface area (Å²) in [6.07, 6.45) is 0. The summed E-state index contributed by atoms with van der Waals surface area (Å²) in [7, 11) is -3.52. The minimum atomic E-state index is -3.52. The summed E-state index contributed by atoms with van der Waals surface area (Å²) < 4.78 is 30.6.